The van der Waals surface area contributed by atoms with Gasteiger partial charge in [-0.15, -0.1) is 0 Å². The van der Waals surface area contributed by atoms with Gasteiger partial charge in [0.05, 0.1) is 52.3 Å². The molecule has 2 aromatic heterocycles. The Labute approximate surface area is 220 Å². The van der Waals surface area contributed by atoms with Crippen molar-refractivity contribution in [1.29, 1.82) is 5.26 Å². The summed E-state index contributed by atoms with van der Waals surface area (Å²) in [6, 6.07) is 19.1. The quantitative estimate of drug-likeness (QED) is 0.352. The summed E-state index contributed by atoms with van der Waals surface area (Å²) in [6.45, 7) is -0.112. The van der Waals surface area contributed by atoms with Crippen LogP contribution in [0.3, 0.4) is 0 Å². The highest BCUT2D eigenvalue weighted by molar-refractivity contribution is 6.30. The highest BCUT2D eigenvalue weighted by atomic mass is 35.5. The predicted octanol–water partition coefficient (Wildman–Crippen LogP) is 4.31. The first-order valence-corrected chi connectivity index (χ1v) is 11.9. The van der Waals surface area contributed by atoms with Gasteiger partial charge in [-0.2, -0.15) is 15.5 Å². The molecule has 184 valence electrons. The van der Waals surface area contributed by atoms with Crippen LogP contribution < -0.4 is 5.56 Å². The Bertz CT molecular complexity index is 1880. The number of H-pyrrole nitrogens is 1. The first-order valence-electron chi connectivity index (χ1n) is 11.6. The van der Waals surface area contributed by atoms with Crippen molar-refractivity contribution in [3.63, 3.8) is 0 Å². The van der Waals surface area contributed by atoms with Crippen LogP contribution in [0.5, 0.6) is 0 Å². The summed E-state index contributed by atoms with van der Waals surface area (Å²) < 4.78 is 1.67. The number of nitriles is 1. The lowest BCUT2D eigenvalue weighted by atomic mass is 9.96. The van der Waals surface area contributed by atoms with Gasteiger partial charge in [0.15, 0.2) is 0 Å². The zero-order chi connectivity index (χ0) is 26.6. The number of aromatic amines is 1. The van der Waals surface area contributed by atoms with Gasteiger partial charge in [0.2, 0.25) is 0 Å². The smallest absolute Gasteiger partial charge is 0.269 e. The molecule has 0 unspecified atom stereocenters. The summed E-state index contributed by atoms with van der Waals surface area (Å²) in [4.78, 5) is 39.6. The number of amides is 2. The summed E-state index contributed by atoms with van der Waals surface area (Å²) in [7, 11) is 1.77. The summed E-state index contributed by atoms with van der Waals surface area (Å²) in [6.07, 6.45) is 1.68. The van der Waals surface area contributed by atoms with E-state index in [9.17, 15) is 19.6 Å². The van der Waals surface area contributed by atoms with Crippen LogP contribution in [0.25, 0.3) is 33.2 Å². The van der Waals surface area contributed by atoms with Gasteiger partial charge in [0.1, 0.15) is 0 Å². The van der Waals surface area contributed by atoms with Crippen LogP contribution in [-0.4, -0.2) is 36.7 Å². The van der Waals surface area contributed by atoms with Crippen molar-refractivity contribution in [2.24, 2.45) is 7.05 Å². The van der Waals surface area contributed by atoms with E-state index < -0.39 is 17.4 Å². The molecule has 0 saturated heterocycles. The van der Waals surface area contributed by atoms with Crippen LogP contribution in [0.15, 0.2) is 71.7 Å². The first-order chi connectivity index (χ1) is 18.4. The van der Waals surface area contributed by atoms with Crippen LogP contribution in [0.4, 0.5) is 0 Å². The Kier molecular flexibility index (Phi) is 5.40. The van der Waals surface area contributed by atoms with E-state index in [0.717, 1.165) is 16.0 Å². The molecular formula is C28H17ClN6O3. The Balaban J connectivity index is 1.48. The average Bonchev–Trinajstić information content (AvgIpc) is 3.43. The molecule has 0 spiro atoms. The van der Waals surface area contributed by atoms with Crippen LogP contribution in [0.2, 0.25) is 5.02 Å². The summed E-state index contributed by atoms with van der Waals surface area (Å²) in [5.41, 5.74) is 3.83. The van der Waals surface area contributed by atoms with Gasteiger partial charge in [-0.1, -0.05) is 29.8 Å². The number of fused-ring (bicyclic) bond motifs is 2. The number of carbonyl (C=O) groups excluding carboxylic acids is 2. The summed E-state index contributed by atoms with van der Waals surface area (Å²) in [5.74, 6) is -0.826. The Morgan fingerprint density at radius 2 is 1.66 bits per heavy atom. The highest BCUT2D eigenvalue weighted by Gasteiger charge is 2.35. The van der Waals surface area contributed by atoms with Crippen molar-refractivity contribution < 1.29 is 9.59 Å². The van der Waals surface area contributed by atoms with E-state index in [1.165, 1.54) is 0 Å². The fraction of sp³-hybridized carbons (Fsp3) is 0.0714. The maximum Gasteiger partial charge on any atom is 0.272 e. The van der Waals surface area contributed by atoms with Crippen molar-refractivity contribution in [2.75, 3.05) is 0 Å². The highest BCUT2D eigenvalue weighted by Crippen LogP contribution is 2.36. The molecule has 38 heavy (non-hydrogen) atoms. The molecule has 2 amide bonds. The Morgan fingerprint density at radius 3 is 2.37 bits per heavy atom. The van der Waals surface area contributed by atoms with E-state index in [2.05, 4.69) is 21.4 Å². The predicted molar refractivity (Wildman–Crippen MR) is 140 cm³/mol. The first kappa shape index (κ1) is 23.3. The molecule has 5 aromatic rings. The average molecular weight is 521 g/mol. The van der Waals surface area contributed by atoms with Crippen molar-refractivity contribution >= 4 is 34.2 Å². The minimum atomic E-state index is -0.413. The molecule has 10 heteroatoms. The maximum absolute atomic E-state index is 13.0. The van der Waals surface area contributed by atoms with Gasteiger partial charge in [0, 0.05) is 28.6 Å². The number of aromatic nitrogens is 4. The Morgan fingerprint density at radius 1 is 0.921 bits per heavy atom. The third-order valence-electron chi connectivity index (χ3n) is 6.66. The van der Waals surface area contributed by atoms with E-state index in [4.69, 9.17) is 11.6 Å². The van der Waals surface area contributed by atoms with Gasteiger partial charge < -0.3 is 0 Å². The second kappa shape index (κ2) is 8.80. The van der Waals surface area contributed by atoms with Gasteiger partial charge in [0.25, 0.3) is 17.4 Å². The molecular weight excluding hydrogens is 504 g/mol. The standard InChI is InChI=1S/C28H17ClN6O3/c1-34-25(18-9-7-17(29)10-16(18)12-30)23(13-31-34)15-6-8-19-22(11-15)24(32-33-26(19)36)14-35-27(37)20-4-2-3-5-21(20)28(35)38/h2-11,13H,14H2,1H3,(H,33,36). The van der Waals surface area contributed by atoms with Gasteiger partial charge in [-0.3, -0.25) is 24.0 Å². The number of halogens is 1. The largest absolute Gasteiger partial charge is 0.272 e. The normalized spacial score (nSPS) is 12.7. The molecule has 9 nitrogen and oxygen atoms in total. The van der Waals surface area contributed by atoms with Crippen molar-refractivity contribution in [1.82, 2.24) is 24.9 Å². The number of nitrogens with one attached hydrogen (secondary N) is 1. The van der Waals surface area contributed by atoms with Crippen molar-refractivity contribution in [2.45, 2.75) is 6.54 Å². The van der Waals surface area contributed by atoms with Crippen LogP contribution in [-0.2, 0) is 13.6 Å². The monoisotopic (exact) mass is 520 g/mol. The molecule has 1 aliphatic heterocycles. The lowest BCUT2D eigenvalue weighted by molar-refractivity contribution is 0.0640. The van der Waals surface area contributed by atoms with Crippen molar-refractivity contribution in [3.05, 3.63) is 105 Å². The molecule has 0 saturated carbocycles. The molecule has 6 rings (SSSR count). The number of hydrogen-bond acceptors (Lipinski definition) is 6. The zero-order valence-electron chi connectivity index (χ0n) is 19.9. The minimum Gasteiger partial charge on any atom is -0.269 e. The maximum atomic E-state index is 13.0. The summed E-state index contributed by atoms with van der Waals surface area (Å²) >= 11 is 6.11. The van der Waals surface area contributed by atoms with Crippen LogP contribution in [0.1, 0.15) is 32.0 Å². The molecule has 1 N–H and O–H groups in total. The van der Waals surface area contributed by atoms with E-state index in [1.807, 2.05) is 0 Å². The number of aryl methyl sites for hydroxylation is 1. The van der Waals surface area contributed by atoms with E-state index in [1.54, 1.807) is 78.6 Å². The Hall–Kier alpha value is -5.07. The molecule has 0 fully saturated rings. The fourth-order valence-corrected chi connectivity index (χ4v) is 5.00. The number of imide groups is 1. The minimum absolute atomic E-state index is 0.112. The van der Waals surface area contributed by atoms with Crippen LogP contribution in [0, 0.1) is 11.3 Å². The number of carbonyl (C=O) groups is 2. The van der Waals surface area contributed by atoms with Gasteiger partial charge >= 0.3 is 0 Å². The van der Waals surface area contributed by atoms with Crippen LogP contribution >= 0.6 is 11.6 Å². The topological polar surface area (TPSA) is 125 Å². The molecule has 0 radical (unpaired) electrons. The van der Waals surface area contributed by atoms with E-state index >= 15 is 0 Å². The third-order valence-corrected chi connectivity index (χ3v) is 6.90. The van der Waals surface area contributed by atoms with E-state index in [-0.39, 0.29) is 6.54 Å². The number of rotatable bonds is 4. The summed E-state index contributed by atoms with van der Waals surface area (Å²) in [5, 5.41) is 22.1. The lowest BCUT2D eigenvalue weighted by Crippen LogP contribution is -2.30. The fourth-order valence-electron chi connectivity index (χ4n) is 4.82. The second-order valence-corrected chi connectivity index (χ2v) is 9.27. The molecule has 3 heterocycles. The third kappa shape index (κ3) is 3.58. The second-order valence-electron chi connectivity index (χ2n) is 8.83. The molecule has 0 bridgehead atoms. The van der Waals surface area contributed by atoms with Gasteiger partial charge in [-0.25, -0.2) is 5.10 Å². The molecule has 0 aliphatic carbocycles. The lowest BCUT2D eigenvalue weighted by Gasteiger charge is -2.15. The molecule has 1 aliphatic rings. The van der Waals surface area contributed by atoms with Crippen molar-refractivity contribution in [3.8, 4) is 28.5 Å². The molecule has 3 aromatic carbocycles. The number of hydrogen-bond donors (Lipinski definition) is 1. The van der Waals surface area contributed by atoms with Gasteiger partial charge in [-0.05, 0) is 48.0 Å². The zero-order valence-corrected chi connectivity index (χ0v) is 20.7. The SMILES string of the molecule is Cn1ncc(-c2ccc3c(=O)[nH]nc(CN4C(=O)c5ccccc5C4=O)c3c2)c1-c1ccc(Cl)cc1C#N. The number of nitrogens with zero attached hydrogens (tertiary/aromatic N) is 5. The molecule has 0 atom stereocenters. The van der Waals surface area contributed by atoms with E-state index in [0.29, 0.717) is 49.4 Å². The number of benzene rings is 3.